The van der Waals surface area contributed by atoms with E-state index in [9.17, 15) is 4.79 Å². The van der Waals surface area contributed by atoms with Gasteiger partial charge in [-0.3, -0.25) is 4.79 Å². The molecule has 4 heteroatoms. The standard InChI is InChI=1S/C20H24N2O2/c1-15-7-6-10-18(16(15)2)21-19(17-8-4-3-5-9-17)20(23)22-11-13-24-14-12-22/h3-10,19,21H,11-14H2,1-2H3/t19-/m0/s1. The van der Waals surface area contributed by atoms with Crippen LogP contribution in [0.25, 0.3) is 0 Å². The van der Waals surface area contributed by atoms with Gasteiger partial charge in [-0.2, -0.15) is 0 Å². The van der Waals surface area contributed by atoms with Crippen LogP contribution in [0.1, 0.15) is 22.7 Å². The van der Waals surface area contributed by atoms with E-state index in [-0.39, 0.29) is 11.9 Å². The molecule has 2 aromatic carbocycles. The summed E-state index contributed by atoms with van der Waals surface area (Å²) in [7, 11) is 0. The number of hydrogen-bond acceptors (Lipinski definition) is 3. The summed E-state index contributed by atoms with van der Waals surface area (Å²) in [4.78, 5) is 15.0. The molecular formula is C20H24N2O2. The number of amides is 1. The van der Waals surface area contributed by atoms with Gasteiger partial charge in [-0.05, 0) is 36.6 Å². The van der Waals surface area contributed by atoms with Crippen molar-refractivity contribution in [1.29, 1.82) is 0 Å². The summed E-state index contributed by atoms with van der Waals surface area (Å²) in [5.74, 6) is 0.102. The summed E-state index contributed by atoms with van der Waals surface area (Å²) in [6.07, 6.45) is 0. The molecule has 1 fully saturated rings. The first-order chi connectivity index (χ1) is 11.7. The fourth-order valence-electron chi connectivity index (χ4n) is 2.96. The number of morpholine rings is 1. The second-order valence-corrected chi connectivity index (χ2v) is 6.17. The van der Waals surface area contributed by atoms with Gasteiger partial charge in [0.15, 0.2) is 0 Å². The molecule has 24 heavy (non-hydrogen) atoms. The zero-order chi connectivity index (χ0) is 16.9. The van der Waals surface area contributed by atoms with E-state index in [1.54, 1.807) is 0 Å². The van der Waals surface area contributed by atoms with E-state index < -0.39 is 0 Å². The molecule has 2 aromatic rings. The van der Waals surface area contributed by atoms with Gasteiger partial charge >= 0.3 is 0 Å². The van der Waals surface area contributed by atoms with Crippen molar-refractivity contribution in [3.8, 4) is 0 Å². The predicted molar refractivity (Wildman–Crippen MR) is 96.1 cm³/mol. The molecule has 1 atom stereocenters. The topological polar surface area (TPSA) is 41.6 Å². The predicted octanol–water partition coefficient (Wildman–Crippen LogP) is 3.32. The number of hydrogen-bond donors (Lipinski definition) is 1. The Morgan fingerprint density at radius 1 is 1.04 bits per heavy atom. The molecule has 1 saturated heterocycles. The molecule has 0 unspecified atom stereocenters. The number of ether oxygens (including phenoxy) is 1. The molecule has 0 aromatic heterocycles. The summed E-state index contributed by atoms with van der Waals surface area (Å²) in [6, 6.07) is 15.7. The van der Waals surface area contributed by atoms with Crippen LogP contribution in [0, 0.1) is 13.8 Å². The molecule has 3 rings (SSSR count). The SMILES string of the molecule is Cc1cccc(N[C@H](C(=O)N2CCOCC2)c2ccccc2)c1C. The lowest BCUT2D eigenvalue weighted by atomic mass is 10.0. The average Bonchev–Trinajstić information content (AvgIpc) is 2.64. The van der Waals surface area contributed by atoms with E-state index in [0.29, 0.717) is 26.3 Å². The zero-order valence-electron chi connectivity index (χ0n) is 14.3. The van der Waals surface area contributed by atoms with Crippen molar-refractivity contribution in [1.82, 2.24) is 4.90 Å². The van der Waals surface area contributed by atoms with Gasteiger partial charge in [-0.25, -0.2) is 0 Å². The van der Waals surface area contributed by atoms with Gasteiger partial charge in [0.1, 0.15) is 6.04 Å². The monoisotopic (exact) mass is 324 g/mol. The third-order valence-electron chi connectivity index (χ3n) is 4.61. The lowest BCUT2D eigenvalue weighted by molar-refractivity contribution is -0.136. The highest BCUT2D eigenvalue weighted by atomic mass is 16.5. The van der Waals surface area contributed by atoms with Crippen LogP contribution in [0.2, 0.25) is 0 Å². The van der Waals surface area contributed by atoms with Gasteiger partial charge in [0.25, 0.3) is 0 Å². The molecule has 0 bridgehead atoms. The van der Waals surface area contributed by atoms with Crippen molar-refractivity contribution in [2.24, 2.45) is 0 Å². The second kappa shape index (κ2) is 7.49. The Hall–Kier alpha value is -2.33. The maximum absolute atomic E-state index is 13.1. The molecule has 1 aliphatic rings. The molecule has 4 nitrogen and oxygen atoms in total. The fourth-order valence-corrected chi connectivity index (χ4v) is 2.96. The Balaban J connectivity index is 1.90. The first-order valence-electron chi connectivity index (χ1n) is 8.41. The highest BCUT2D eigenvalue weighted by Crippen LogP contribution is 2.26. The van der Waals surface area contributed by atoms with Crippen molar-refractivity contribution in [2.75, 3.05) is 31.6 Å². The first kappa shape index (κ1) is 16.5. The number of anilines is 1. The Bertz CT molecular complexity index is 694. The van der Waals surface area contributed by atoms with Crippen LogP contribution in [0.5, 0.6) is 0 Å². The lowest BCUT2D eigenvalue weighted by Gasteiger charge is -2.31. The Kier molecular flexibility index (Phi) is 5.16. The number of carbonyl (C=O) groups is 1. The minimum Gasteiger partial charge on any atom is -0.378 e. The van der Waals surface area contributed by atoms with Gasteiger partial charge in [0.05, 0.1) is 13.2 Å². The Labute approximate surface area is 143 Å². The van der Waals surface area contributed by atoms with E-state index in [1.807, 2.05) is 47.4 Å². The number of benzene rings is 2. The minimum atomic E-state index is -0.384. The highest BCUT2D eigenvalue weighted by Gasteiger charge is 2.27. The van der Waals surface area contributed by atoms with E-state index in [0.717, 1.165) is 11.3 Å². The number of carbonyl (C=O) groups excluding carboxylic acids is 1. The molecule has 1 N–H and O–H groups in total. The molecule has 0 spiro atoms. The second-order valence-electron chi connectivity index (χ2n) is 6.17. The smallest absolute Gasteiger partial charge is 0.249 e. The molecule has 1 amide bonds. The van der Waals surface area contributed by atoms with Crippen LogP contribution in [0.15, 0.2) is 48.5 Å². The summed E-state index contributed by atoms with van der Waals surface area (Å²) in [6.45, 7) is 6.68. The summed E-state index contributed by atoms with van der Waals surface area (Å²) in [5.41, 5.74) is 4.37. The maximum atomic E-state index is 13.1. The summed E-state index contributed by atoms with van der Waals surface area (Å²) < 4.78 is 5.37. The quantitative estimate of drug-likeness (QED) is 0.938. The minimum absolute atomic E-state index is 0.102. The number of nitrogens with one attached hydrogen (secondary N) is 1. The summed E-state index contributed by atoms with van der Waals surface area (Å²) in [5, 5.41) is 3.47. The highest BCUT2D eigenvalue weighted by molar-refractivity contribution is 5.86. The van der Waals surface area contributed by atoms with E-state index >= 15 is 0 Å². The van der Waals surface area contributed by atoms with Crippen LogP contribution in [0.4, 0.5) is 5.69 Å². The van der Waals surface area contributed by atoms with Crippen molar-refractivity contribution in [3.05, 3.63) is 65.2 Å². The van der Waals surface area contributed by atoms with Crippen LogP contribution in [-0.2, 0) is 9.53 Å². The van der Waals surface area contributed by atoms with Crippen LogP contribution in [-0.4, -0.2) is 37.1 Å². The van der Waals surface area contributed by atoms with E-state index in [4.69, 9.17) is 4.74 Å². The van der Waals surface area contributed by atoms with Crippen LogP contribution in [0.3, 0.4) is 0 Å². The Morgan fingerprint density at radius 2 is 1.75 bits per heavy atom. The van der Waals surface area contributed by atoms with Crippen molar-refractivity contribution in [3.63, 3.8) is 0 Å². The number of nitrogens with zero attached hydrogens (tertiary/aromatic N) is 1. The van der Waals surface area contributed by atoms with Crippen molar-refractivity contribution < 1.29 is 9.53 Å². The normalized spacial score (nSPS) is 15.8. The Morgan fingerprint density at radius 3 is 2.46 bits per heavy atom. The largest absolute Gasteiger partial charge is 0.378 e. The molecule has 0 radical (unpaired) electrons. The van der Waals surface area contributed by atoms with Gasteiger partial charge in [0, 0.05) is 18.8 Å². The van der Waals surface area contributed by atoms with E-state index in [2.05, 4.69) is 25.2 Å². The number of rotatable bonds is 4. The zero-order valence-corrected chi connectivity index (χ0v) is 14.3. The van der Waals surface area contributed by atoms with Crippen molar-refractivity contribution >= 4 is 11.6 Å². The fraction of sp³-hybridized carbons (Fsp3) is 0.350. The maximum Gasteiger partial charge on any atom is 0.249 e. The third kappa shape index (κ3) is 3.60. The third-order valence-corrected chi connectivity index (χ3v) is 4.61. The van der Waals surface area contributed by atoms with Crippen LogP contribution < -0.4 is 5.32 Å². The lowest BCUT2D eigenvalue weighted by Crippen LogP contribution is -2.44. The molecule has 1 aliphatic heterocycles. The summed E-state index contributed by atoms with van der Waals surface area (Å²) >= 11 is 0. The molecular weight excluding hydrogens is 300 g/mol. The molecule has 126 valence electrons. The number of aryl methyl sites for hydroxylation is 1. The van der Waals surface area contributed by atoms with Crippen LogP contribution >= 0.6 is 0 Å². The molecule has 0 aliphatic carbocycles. The van der Waals surface area contributed by atoms with Gasteiger partial charge in [0.2, 0.25) is 5.91 Å². The average molecular weight is 324 g/mol. The molecule has 0 saturated carbocycles. The van der Waals surface area contributed by atoms with Gasteiger partial charge < -0.3 is 15.0 Å². The van der Waals surface area contributed by atoms with Gasteiger partial charge in [-0.15, -0.1) is 0 Å². The van der Waals surface area contributed by atoms with Crippen molar-refractivity contribution in [2.45, 2.75) is 19.9 Å². The van der Waals surface area contributed by atoms with Gasteiger partial charge in [-0.1, -0.05) is 42.5 Å². The first-order valence-corrected chi connectivity index (χ1v) is 8.41. The van der Waals surface area contributed by atoms with E-state index in [1.165, 1.54) is 11.1 Å². The molecule has 1 heterocycles.